The fourth-order valence-electron chi connectivity index (χ4n) is 1.46. The van der Waals surface area contributed by atoms with Gasteiger partial charge in [-0.25, -0.2) is 0 Å². The van der Waals surface area contributed by atoms with Crippen LogP contribution in [0.25, 0.3) is 0 Å². The summed E-state index contributed by atoms with van der Waals surface area (Å²) in [5.74, 6) is 0. The zero-order valence-electron chi connectivity index (χ0n) is 8.35. The zero-order valence-corrected chi connectivity index (χ0v) is 10.7. The molecule has 1 unspecified atom stereocenters. The van der Waals surface area contributed by atoms with E-state index in [1.54, 1.807) is 17.1 Å². The summed E-state index contributed by atoms with van der Waals surface area (Å²) < 4.78 is 2.51. The van der Waals surface area contributed by atoms with Gasteiger partial charge in [-0.1, -0.05) is 45.7 Å². The predicted molar refractivity (Wildman–Crippen MR) is 66.3 cm³/mol. The lowest BCUT2D eigenvalue weighted by atomic mass is 10.1. The Balaban J connectivity index is 2.14. The van der Waals surface area contributed by atoms with Crippen molar-refractivity contribution < 1.29 is 5.11 Å². The van der Waals surface area contributed by atoms with E-state index in [4.69, 9.17) is 11.6 Å². The molecule has 0 aliphatic carbocycles. The monoisotopic (exact) mass is 300 g/mol. The number of aromatic nitrogens is 2. The van der Waals surface area contributed by atoms with Crippen LogP contribution in [0.15, 0.2) is 41.1 Å². The minimum absolute atomic E-state index is 0.384. The van der Waals surface area contributed by atoms with Gasteiger partial charge in [-0.15, -0.1) is 0 Å². The van der Waals surface area contributed by atoms with E-state index in [0.29, 0.717) is 11.6 Å². The van der Waals surface area contributed by atoms with E-state index >= 15 is 0 Å². The maximum Gasteiger partial charge on any atom is 0.0996 e. The van der Waals surface area contributed by atoms with Crippen molar-refractivity contribution in [3.8, 4) is 0 Å². The highest BCUT2D eigenvalue weighted by Gasteiger charge is 2.11. The van der Waals surface area contributed by atoms with E-state index in [0.717, 1.165) is 10.0 Å². The summed E-state index contributed by atoms with van der Waals surface area (Å²) in [6.45, 7) is 0.384. The molecule has 84 valence electrons. The van der Waals surface area contributed by atoms with E-state index in [-0.39, 0.29) is 0 Å². The first-order chi connectivity index (χ1) is 7.66. The van der Waals surface area contributed by atoms with E-state index in [9.17, 15) is 5.11 Å². The standard InChI is InChI=1S/C11H10BrClN2O/c12-10-4-2-1-3-9(10)11(16)7-15-6-8(13)5-14-15/h1-6,11,16H,7H2. The molecule has 1 heterocycles. The lowest BCUT2D eigenvalue weighted by Gasteiger charge is -2.12. The molecular formula is C11H10BrClN2O. The van der Waals surface area contributed by atoms with Crippen molar-refractivity contribution in [3.05, 3.63) is 51.7 Å². The van der Waals surface area contributed by atoms with Crippen LogP contribution in [0.5, 0.6) is 0 Å². The number of benzene rings is 1. The van der Waals surface area contributed by atoms with Crippen LogP contribution in [0.1, 0.15) is 11.7 Å². The number of rotatable bonds is 3. The third kappa shape index (κ3) is 2.64. The molecule has 0 fully saturated rings. The van der Waals surface area contributed by atoms with Gasteiger partial charge in [0.1, 0.15) is 0 Å². The van der Waals surface area contributed by atoms with Crippen molar-refractivity contribution in [2.45, 2.75) is 12.6 Å². The predicted octanol–water partition coefficient (Wildman–Crippen LogP) is 3.03. The molecule has 1 aromatic carbocycles. The molecule has 0 spiro atoms. The minimum Gasteiger partial charge on any atom is -0.386 e. The van der Waals surface area contributed by atoms with Crippen molar-refractivity contribution in [3.63, 3.8) is 0 Å². The number of nitrogens with zero attached hydrogens (tertiary/aromatic N) is 2. The third-order valence-corrected chi connectivity index (χ3v) is 3.14. The van der Waals surface area contributed by atoms with Gasteiger partial charge >= 0.3 is 0 Å². The highest BCUT2D eigenvalue weighted by Crippen LogP contribution is 2.24. The van der Waals surface area contributed by atoms with E-state index < -0.39 is 6.10 Å². The molecule has 1 aromatic heterocycles. The Hall–Kier alpha value is -0.840. The van der Waals surface area contributed by atoms with E-state index in [2.05, 4.69) is 21.0 Å². The molecule has 3 nitrogen and oxygen atoms in total. The molecule has 1 N–H and O–H groups in total. The lowest BCUT2D eigenvalue weighted by Crippen LogP contribution is -2.09. The van der Waals surface area contributed by atoms with Crippen molar-refractivity contribution in [1.82, 2.24) is 9.78 Å². The molecule has 0 bridgehead atoms. The second kappa shape index (κ2) is 4.99. The average Bonchev–Trinajstić information content (AvgIpc) is 2.64. The number of aliphatic hydroxyl groups excluding tert-OH is 1. The van der Waals surface area contributed by atoms with Crippen LogP contribution in [0.4, 0.5) is 0 Å². The van der Waals surface area contributed by atoms with Crippen molar-refractivity contribution >= 4 is 27.5 Å². The molecule has 5 heteroatoms. The van der Waals surface area contributed by atoms with Gasteiger partial charge in [0.15, 0.2) is 0 Å². The maximum absolute atomic E-state index is 10.0. The van der Waals surface area contributed by atoms with Crippen LogP contribution in [0.3, 0.4) is 0 Å². The smallest absolute Gasteiger partial charge is 0.0996 e. The quantitative estimate of drug-likeness (QED) is 0.946. The molecule has 0 amide bonds. The van der Waals surface area contributed by atoms with Gasteiger partial charge in [0, 0.05) is 10.7 Å². The normalized spacial score (nSPS) is 12.7. The summed E-state index contributed by atoms with van der Waals surface area (Å²) in [6.07, 6.45) is 2.63. The van der Waals surface area contributed by atoms with Crippen LogP contribution in [0, 0.1) is 0 Å². The Morgan fingerprint density at radius 3 is 2.81 bits per heavy atom. The van der Waals surface area contributed by atoms with Crippen LogP contribution in [0.2, 0.25) is 5.02 Å². The second-order valence-corrected chi connectivity index (χ2v) is 4.71. The minimum atomic E-state index is -0.605. The maximum atomic E-state index is 10.0. The molecule has 0 radical (unpaired) electrons. The summed E-state index contributed by atoms with van der Waals surface area (Å²) in [5, 5.41) is 14.6. The Bertz CT molecular complexity index is 486. The van der Waals surface area contributed by atoms with Crippen molar-refractivity contribution in [2.24, 2.45) is 0 Å². The van der Waals surface area contributed by atoms with Crippen molar-refractivity contribution in [1.29, 1.82) is 0 Å². The van der Waals surface area contributed by atoms with Gasteiger partial charge in [0.25, 0.3) is 0 Å². The molecule has 0 saturated carbocycles. The van der Waals surface area contributed by atoms with Crippen LogP contribution in [-0.2, 0) is 6.54 Å². The summed E-state index contributed by atoms with van der Waals surface area (Å²) in [4.78, 5) is 0. The van der Waals surface area contributed by atoms with E-state index in [1.165, 1.54) is 0 Å². The lowest BCUT2D eigenvalue weighted by molar-refractivity contribution is 0.151. The number of hydrogen-bond donors (Lipinski definition) is 1. The average molecular weight is 302 g/mol. The fraction of sp³-hybridized carbons (Fsp3) is 0.182. The van der Waals surface area contributed by atoms with Gasteiger partial charge in [-0.05, 0) is 11.6 Å². The van der Waals surface area contributed by atoms with Gasteiger partial charge in [0.05, 0.1) is 23.9 Å². The van der Waals surface area contributed by atoms with Crippen LogP contribution >= 0.6 is 27.5 Å². The topological polar surface area (TPSA) is 38.0 Å². The zero-order chi connectivity index (χ0) is 11.5. The SMILES string of the molecule is OC(Cn1cc(Cl)cn1)c1ccccc1Br. The van der Waals surface area contributed by atoms with Gasteiger partial charge in [-0.3, -0.25) is 4.68 Å². The third-order valence-electron chi connectivity index (χ3n) is 2.23. The molecule has 16 heavy (non-hydrogen) atoms. The van der Waals surface area contributed by atoms with Crippen LogP contribution in [-0.4, -0.2) is 14.9 Å². The number of halogens is 2. The second-order valence-electron chi connectivity index (χ2n) is 3.42. The molecule has 0 saturated heterocycles. The molecular weight excluding hydrogens is 291 g/mol. The van der Waals surface area contributed by atoms with Crippen molar-refractivity contribution in [2.75, 3.05) is 0 Å². The molecule has 0 aliphatic heterocycles. The Morgan fingerprint density at radius 1 is 1.44 bits per heavy atom. The summed E-state index contributed by atoms with van der Waals surface area (Å²) in [5.41, 5.74) is 0.842. The number of hydrogen-bond acceptors (Lipinski definition) is 2. The molecule has 1 atom stereocenters. The van der Waals surface area contributed by atoms with E-state index in [1.807, 2.05) is 24.3 Å². The Kier molecular flexibility index (Phi) is 3.63. The summed E-state index contributed by atoms with van der Waals surface area (Å²) >= 11 is 9.15. The van der Waals surface area contributed by atoms with Gasteiger partial charge < -0.3 is 5.11 Å². The number of aliphatic hydroxyl groups is 1. The Labute approximate surface area is 107 Å². The summed E-state index contributed by atoms with van der Waals surface area (Å²) in [6, 6.07) is 7.57. The summed E-state index contributed by atoms with van der Waals surface area (Å²) in [7, 11) is 0. The first kappa shape index (κ1) is 11.6. The first-order valence-corrected chi connectivity index (χ1v) is 5.94. The highest BCUT2D eigenvalue weighted by molar-refractivity contribution is 9.10. The molecule has 0 aliphatic rings. The van der Waals surface area contributed by atoms with Gasteiger partial charge in [0.2, 0.25) is 0 Å². The molecule has 2 aromatic rings. The van der Waals surface area contributed by atoms with Gasteiger partial charge in [-0.2, -0.15) is 5.10 Å². The highest BCUT2D eigenvalue weighted by atomic mass is 79.9. The van der Waals surface area contributed by atoms with Crippen LogP contribution < -0.4 is 0 Å². The Morgan fingerprint density at radius 2 is 2.19 bits per heavy atom. The largest absolute Gasteiger partial charge is 0.386 e. The first-order valence-electron chi connectivity index (χ1n) is 4.77. The molecule has 2 rings (SSSR count). The fourth-order valence-corrected chi connectivity index (χ4v) is 2.16.